The average Bonchev–Trinajstić information content (AvgIpc) is 3.15. The van der Waals surface area contributed by atoms with Gasteiger partial charge in [0.25, 0.3) is 5.89 Å². The highest BCUT2D eigenvalue weighted by Gasteiger charge is 2.41. The van der Waals surface area contributed by atoms with Crippen molar-refractivity contribution in [2.75, 3.05) is 19.6 Å². The number of carbonyl (C=O) groups is 1. The third-order valence-corrected chi connectivity index (χ3v) is 5.52. The highest BCUT2D eigenvalue weighted by molar-refractivity contribution is 5.90. The van der Waals surface area contributed by atoms with Crippen LogP contribution in [0.3, 0.4) is 0 Å². The number of rotatable bonds is 6. The second-order valence-corrected chi connectivity index (χ2v) is 8.48. The number of aromatic nitrogens is 4. The van der Waals surface area contributed by atoms with Gasteiger partial charge in [0.05, 0.1) is 6.42 Å². The molecule has 3 aromatic rings. The van der Waals surface area contributed by atoms with E-state index in [1.807, 2.05) is 6.07 Å². The number of ketones is 1. The van der Waals surface area contributed by atoms with Crippen LogP contribution >= 0.6 is 0 Å². The lowest BCUT2D eigenvalue weighted by molar-refractivity contribution is -0.133. The monoisotopic (exact) mass is 411 g/mol. The molecule has 0 aliphatic carbocycles. The SMILES string of the molecule is Cc1nnc(-c2cc3cc(CC(=O)C4(F)CCN(CC(C)C)CC4)ncc3cn2)o1. The molecule has 8 heteroatoms. The molecule has 0 amide bonds. The van der Waals surface area contributed by atoms with E-state index in [4.69, 9.17) is 4.42 Å². The number of alkyl halides is 1. The molecule has 1 fully saturated rings. The fourth-order valence-corrected chi connectivity index (χ4v) is 3.91. The van der Waals surface area contributed by atoms with Crippen molar-refractivity contribution in [1.29, 1.82) is 0 Å². The number of fused-ring (bicyclic) bond motifs is 1. The number of aryl methyl sites for hydroxylation is 1. The lowest BCUT2D eigenvalue weighted by Gasteiger charge is -2.36. The lowest BCUT2D eigenvalue weighted by atomic mass is 9.86. The molecule has 1 aliphatic rings. The van der Waals surface area contributed by atoms with Crippen LogP contribution in [0.15, 0.2) is 28.9 Å². The Labute approximate surface area is 174 Å². The molecule has 7 nitrogen and oxygen atoms in total. The summed E-state index contributed by atoms with van der Waals surface area (Å²) >= 11 is 0. The molecule has 4 heterocycles. The van der Waals surface area contributed by atoms with E-state index in [0.717, 1.165) is 17.3 Å². The van der Waals surface area contributed by atoms with Crippen LogP contribution in [0, 0.1) is 12.8 Å². The predicted molar refractivity (Wildman–Crippen MR) is 111 cm³/mol. The number of hydrogen-bond donors (Lipinski definition) is 0. The summed E-state index contributed by atoms with van der Waals surface area (Å²) in [4.78, 5) is 23.7. The molecule has 0 aromatic carbocycles. The molecular formula is C22H26FN5O2. The Hall–Kier alpha value is -2.74. The molecule has 1 aliphatic heterocycles. The predicted octanol–water partition coefficient (Wildman–Crippen LogP) is 3.56. The normalized spacial score (nSPS) is 17.0. The molecule has 0 N–H and O–H groups in total. The maximum atomic E-state index is 15.3. The Morgan fingerprint density at radius 2 is 1.90 bits per heavy atom. The largest absolute Gasteiger partial charge is 0.420 e. The molecule has 0 saturated carbocycles. The summed E-state index contributed by atoms with van der Waals surface area (Å²) < 4.78 is 20.8. The van der Waals surface area contributed by atoms with E-state index >= 15 is 4.39 Å². The molecule has 1 saturated heterocycles. The molecule has 0 atom stereocenters. The third kappa shape index (κ3) is 4.38. The molecule has 4 rings (SSSR count). The number of pyridine rings is 2. The van der Waals surface area contributed by atoms with Gasteiger partial charge >= 0.3 is 0 Å². The first-order valence-corrected chi connectivity index (χ1v) is 10.3. The molecule has 0 spiro atoms. The molecule has 0 radical (unpaired) electrons. The van der Waals surface area contributed by atoms with Gasteiger partial charge in [0, 0.05) is 62.9 Å². The van der Waals surface area contributed by atoms with Crippen molar-refractivity contribution >= 4 is 16.6 Å². The summed E-state index contributed by atoms with van der Waals surface area (Å²) in [6.45, 7) is 8.18. The van der Waals surface area contributed by atoms with E-state index < -0.39 is 5.67 Å². The van der Waals surface area contributed by atoms with E-state index in [0.29, 0.717) is 42.2 Å². The Bertz CT molecular complexity index is 1060. The van der Waals surface area contributed by atoms with Gasteiger partial charge in [0.2, 0.25) is 5.89 Å². The Balaban J connectivity index is 1.48. The van der Waals surface area contributed by atoms with Gasteiger partial charge in [-0.3, -0.25) is 14.8 Å². The van der Waals surface area contributed by atoms with Crippen LogP contribution in [0.5, 0.6) is 0 Å². The Morgan fingerprint density at radius 3 is 2.57 bits per heavy atom. The molecular weight excluding hydrogens is 385 g/mol. The van der Waals surface area contributed by atoms with E-state index in [1.54, 1.807) is 25.4 Å². The minimum atomic E-state index is -1.77. The average molecular weight is 411 g/mol. The number of hydrogen-bond acceptors (Lipinski definition) is 7. The van der Waals surface area contributed by atoms with Gasteiger partial charge in [-0.25, -0.2) is 4.39 Å². The summed E-state index contributed by atoms with van der Waals surface area (Å²) in [5.74, 6) is 0.936. The number of halogens is 1. The maximum absolute atomic E-state index is 15.3. The second-order valence-electron chi connectivity index (χ2n) is 8.48. The Morgan fingerprint density at radius 1 is 1.17 bits per heavy atom. The van der Waals surface area contributed by atoms with Crippen LogP contribution in [0.4, 0.5) is 4.39 Å². The smallest absolute Gasteiger partial charge is 0.266 e. The van der Waals surface area contributed by atoms with Crippen LogP contribution in [0.1, 0.15) is 38.3 Å². The topological polar surface area (TPSA) is 85.0 Å². The van der Waals surface area contributed by atoms with Gasteiger partial charge in [-0.1, -0.05) is 13.8 Å². The number of likely N-dealkylation sites (tertiary alicyclic amines) is 1. The van der Waals surface area contributed by atoms with Gasteiger partial charge in [0.1, 0.15) is 5.69 Å². The first-order chi connectivity index (χ1) is 14.3. The Kier molecular flexibility index (Phi) is 5.60. The molecule has 158 valence electrons. The first-order valence-electron chi connectivity index (χ1n) is 10.3. The van der Waals surface area contributed by atoms with Gasteiger partial charge in [-0.15, -0.1) is 10.2 Å². The molecule has 0 unspecified atom stereocenters. The standard InChI is InChI=1S/C22H26FN5O2/c1-14(2)13-28-6-4-22(23,5-7-28)20(29)10-18-8-16-9-19(21-27-26-15(3)30-21)25-12-17(16)11-24-18/h8-9,11-12,14H,4-7,10,13H2,1-3H3. The van der Waals surface area contributed by atoms with Crippen molar-refractivity contribution in [3.63, 3.8) is 0 Å². The molecule has 3 aromatic heterocycles. The summed E-state index contributed by atoms with van der Waals surface area (Å²) in [6.07, 6.45) is 3.80. The van der Waals surface area contributed by atoms with Crippen molar-refractivity contribution in [1.82, 2.24) is 25.1 Å². The van der Waals surface area contributed by atoms with Crippen LogP contribution in [-0.2, 0) is 11.2 Å². The van der Waals surface area contributed by atoms with Crippen molar-refractivity contribution in [3.8, 4) is 11.6 Å². The quantitative estimate of drug-likeness (QED) is 0.613. The van der Waals surface area contributed by atoms with Crippen molar-refractivity contribution in [3.05, 3.63) is 36.1 Å². The fourth-order valence-electron chi connectivity index (χ4n) is 3.91. The van der Waals surface area contributed by atoms with Gasteiger partial charge in [-0.05, 0) is 23.4 Å². The van der Waals surface area contributed by atoms with Crippen LogP contribution in [0.25, 0.3) is 22.4 Å². The highest BCUT2D eigenvalue weighted by Crippen LogP contribution is 2.30. The second kappa shape index (κ2) is 8.18. The minimum absolute atomic E-state index is 0.0199. The fraction of sp³-hybridized carbons (Fsp3) is 0.500. The van der Waals surface area contributed by atoms with E-state index in [9.17, 15) is 4.79 Å². The summed E-state index contributed by atoms with van der Waals surface area (Å²) in [7, 11) is 0. The van der Waals surface area contributed by atoms with Crippen LogP contribution in [0.2, 0.25) is 0 Å². The third-order valence-electron chi connectivity index (χ3n) is 5.52. The zero-order chi connectivity index (χ0) is 21.3. The van der Waals surface area contributed by atoms with Crippen molar-refractivity contribution in [2.45, 2.75) is 45.7 Å². The summed E-state index contributed by atoms with van der Waals surface area (Å²) in [6, 6.07) is 3.62. The van der Waals surface area contributed by atoms with E-state index in [1.165, 1.54) is 0 Å². The van der Waals surface area contributed by atoms with Crippen molar-refractivity contribution < 1.29 is 13.6 Å². The van der Waals surface area contributed by atoms with Crippen LogP contribution < -0.4 is 0 Å². The minimum Gasteiger partial charge on any atom is -0.420 e. The number of nitrogens with zero attached hydrogens (tertiary/aromatic N) is 5. The summed E-state index contributed by atoms with van der Waals surface area (Å²) in [5, 5.41) is 9.47. The van der Waals surface area contributed by atoms with Gasteiger partial charge in [0.15, 0.2) is 11.5 Å². The summed E-state index contributed by atoms with van der Waals surface area (Å²) in [5.41, 5.74) is -0.673. The van der Waals surface area contributed by atoms with Gasteiger partial charge < -0.3 is 9.32 Å². The first kappa shape index (κ1) is 20.5. The van der Waals surface area contributed by atoms with Gasteiger partial charge in [-0.2, -0.15) is 0 Å². The number of Topliss-reactive ketones (excluding diaryl/α,β-unsaturated/α-hetero) is 1. The highest BCUT2D eigenvalue weighted by atomic mass is 19.1. The van der Waals surface area contributed by atoms with Crippen LogP contribution in [-0.4, -0.2) is 56.2 Å². The maximum Gasteiger partial charge on any atom is 0.266 e. The zero-order valence-corrected chi connectivity index (χ0v) is 17.6. The van der Waals surface area contributed by atoms with E-state index in [2.05, 4.69) is 38.9 Å². The molecule has 30 heavy (non-hydrogen) atoms. The lowest BCUT2D eigenvalue weighted by Crippen LogP contribution is -2.47. The number of piperidine rings is 1. The zero-order valence-electron chi connectivity index (χ0n) is 17.6. The molecule has 0 bridgehead atoms. The number of carbonyl (C=O) groups excluding carboxylic acids is 1. The van der Waals surface area contributed by atoms with Crippen molar-refractivity contribution in [2.24, 2.45) is 5.92 Å². The van der Waals surface area contributed by atoms with E-state index in [-0.39, 0.29) is 25.0 Å².